The van der Waals surface area contributed by atoms with Gasteiger partial charge in [0, 0.05) is 14.1 Å². The van der Waals surface area contributed by atoms with Gasteiger partial charge >= 0.3 is 18.0 Å². The highest BCUT2D eigenvalue weighted by Crippen LogP contribution is 2.51. The van der Waals surface area contributed by atoms with Crippen LogP contribution in [0.25, 0.3) is 0 Å². The van der Waals surface area contributed by atoms with Gasteiger partial charge < -0.3 is 4.90 Å². The lowest BCUT2D eigenvalue weighted by molar-refractivity contribution is -0.344. The van der Waals surface area contributed by atoms with E-state index in [-0.39, 0.29) is 6.08 Å². The van der Waals surface area contributed by atoms with Crippen LogP contribution in [0, 0.1) is 0 Å². The zero-order valence-electron chi connectivity index (χ0n) is 10.6. The van der Waals surface area contributed by atoms with Gasteiger partial charge in [0.25, 0.3) is 0 Å². The van der Waals surface area contributed by atoms with Crippen molar-refractivity contribution in [1.29, 1.82) is 0 Å². The molecule has 0 aromatic heterocycles. The Hall–Kier alpha value is -1.87. The monoisotopic (exact) mass is 319 g/mol. The summed E-state index contributed by atoms with van der Waals surface area (Å²) in [6.07, 6.45) is -5.85. The topological polar surface area (TPSA) is 37.4 Å². The normalized spacial score (nSPS) is 17.6. The summed E-state index contributed by atoms with van der Waals surface area (Å²) in [7, 11) is 1.92. The standard InChI is InChI=1S/C11H8F7NO2/c1-19(2)8-6(21)4-3-5(20)7(8)9(12,13)10(14,15)11(16,17)18/h3-4H,1-2H3. The van der Waals surface area contributed by atoms with Gasteiger partial charge in [0.05, 0.1) is 5.70 Å². The molecule has 0 radical (unpaired) electrons. The number of alkyl halides is 7. The average Bonchev–Trinajstić information content (AvgIpc) is 2.29. The molecule has 0 N–H and O–H groups in total. The Balaban J connectivity index is 3.63. The second kappa shape index (κ2) is 4.85. The van der Waals surface area contributed by atoms with Gasteiger partial charge in [0.2, 0.25) is 5.78 Å². The van der Waals surface area contributed by atoms with Gasteiger partial charge in [-0.1, -0.05) is 0 Å². The van der Waals surface area contributed by atoms with Crippen LogP contribution in [0.5, 0.6) is 0 Å². The molecule has 0 heterocycles. The van der Waals surface area contributed by atoms with Gasteiger partial charge in [-0.2, -0.15) is 30.7 Å². The Labute approximate surface area is 113 Å². The van der Waals surface area contributed by atoms with Crippen LogP contribution in [-0.4, -0.2) is 48.6 Å². The number of allylic oxidation sites excluding steroid dienone is 3. The van der Waals surface area contributed by atoms with E-state index in [1.54, 1.807) is 0 Å². The van der Waals surface area contributed by atoms with E-state index in [0.717, 1.165) is 14.1 Å². The predicted molar refractivity (Wildman–Crippen MR) is 55.8 cm³/mol. The van der Waals surface area contributed by atoms with Gasteiger partial charge in [-0.05, 0) is 12.2 Å². The number of carbonyl (C=O) groups excluding carboxylic acids is 2. The highest BCUT2D eigenvalue weighted by Gasteiger charge is 2.75. The summed E-state index contributed by atoms with van der Waals surface area (Å²) in [5.74, 6) is -15.4. The maximum absolute atomic E-state index is 13.7. The minimum absolute atomic E-state index is 0.227. The summed E-state index contributed by atoms with van der Waals surface area (Å²) in [4.78, 5) is 23.4. The number of carbonyl (C=O) groups is 2. The molecule has 0 unspecified atom stereocenters. The summed E-state index contributed by atoms with van der Waals surface area (Å²) in [6.45, 7) is 0. The van der Waals surface area contributed by atoms with Gasteiger partial charge in [-0.3, -0.25) is 9.59 Å². The van der Waals surface area contributed by atoms with Crippen LogP contribution < -0.4 is 0 Å². The van der Waals surface area contributed by atoms with Gasteiger partial charge in [-0.15, -0.1) is 0 Å². The number of rotatable bonds is 3. The fraction of sp³-hybridized carbons (Fsp3) is 0.455. The number of likely N-dealkylation sites (N-methyl/N-ethyl adjacent to an activating group) is 1. The zero-order chi connectivity index (χ0) is 16.8. The molecule has 1 rings (SSSR count). The molecule has 0 amide bonds. The Morgan fingerprint density at radius 2 is 1.29 bits per heavy atom. The van der Waals surface area contributed by atoms with Crippen molar-refractivity contribution in [3.05, 3.63) is 23.4 Å². The van der Waals surface area contributed by atoms with Gasteiger partial charge in [0.15, 0.2) is 5.78 Å². The van der Waals surface area contributed by atoms with E-state index >= 15 is 0 Å². The van der Waals surface area contributed by atoms with Crippen molar-refractivity contribution in [2.45, 2.75) is 18.0 Å². The van der Waals surface area contributed by atoms with Gasteiger partial charge in [0.1, 0.15) is 5.57 Å². The first-order valence-corrected chi connectivity index (χ1v) is 5.26. The molecule has 1 aliphatic rings. The molecule has 10 heteroatoms. The SMILES string of the molecule is CN(C)C1=C(C(F)(F)C(F)(F)C(F)(F)F)C(=O)C=CC1=O. The van der Waals surface area contributed by atoms with Crippen molar-refractivity contribution in [2.75, 3.05) is 14.1 Å². The second-order valence-electron chi connectivity index (χ2n) is 4.33. The first-order valence-electron chi connectivity index (χ1n) is 5.26. The molecular weight excluding hydrogens is 311 g/mol. The number of hydrogen-bond donors (Lipinski definition) is 0. The van der Waals surface area contributed by atoms with Crippen LogP contribution >= 0.6 is 0 Å². The van der Waals surface area contributed by atoms with E-state index in [1.165, 1.54) is 0 Å². The molecule has 0 aromatic rings. The van der Waals surface area contributed by atoms with E-state index in [0.29, 0.717) is 11.0 Å². The second-order valence-corrected chi connectivity index (χ2v) is 4.33. The summed E-state index contributed by atoms with van der Waals surface area (Å²) in [6, 6.07) is 0. The summed E-state index contributed by atoms with van der Waals surface area (Å²) in [5.41, 5.74) is -3.39. The Bertz CT molecular complexity index is 543. The molecule has 0 aromatic carbocycles. The molecule has 0 saturated heterocycles. The maximum atomic E-state index is 13.7. The fourth-order valence-electron chi connectivity index (χ4n) is 1.64. The van der Waals surface area contributed by atoms with E-state index in [4.69, 9.17) is 0 Å². The molecule has 1 aliphatic carbocycles. The minimum atomic E-state index is -6.59. The number of hydrogen-bond acceptors (Lipinski definition) is 3. The first kappa shape index (κ1) is 17.2. The largest absolute Gasteiger partial charge is 0.460 e. The molecular formula is C11H8F7NO2. The van der Waals surface area contributed by atoms with Crippen molar-refractivity contribution in [3.8, 4) is 0 Å². The summed E-state index contributed by atoms with van der Waals surface area (Å²) in [5, 5.41) is 0. The Kier molecular flexibility index (Phi) is 3.97. The van der Waals surface area contributed by atoms with Crippen LogP contribution in [0.2, 0.25) is 0 Å². The lowest BCUT2D eigenvalue weighted by atomic mass is 9.90. The van der Waals surface area contributed by atoms with Crippen LogP contribution in [0.1, 0.15) is 0 Å². The number of halogens is 7. The number of ketones is 2. The lowest BCUT2D eigenvalue weighted by Gasteiger charge is -2.32. The maximum Gasteiger partial charge on any atom is 0.460 e. The molecule has 0 saturated carbocycles. The van der Waals surface area contributed by atoms with Crippen molar-refractivity contribution in [2.24, 2.45) is 0 Å². The molecule has 0 fully saturated rings. The molecule has 0 aliphatic heterocycles. The highest BCUT2D eigenvalue weighted by atomic mass is 19.4. The van der Waals surface area contributed by atoms with Crippen LogP contribution in [0.15, 0.2) is 23.4 Å². The third kappa shape index (κ3) is 2.54. The molecule has 118 valence electrons. The third-order valence-corrected chi connectivity index (χ3v) is 2.61. The quantitative estimate of drug-likeness (QED) is 0.592. The van der Waals surface area contributed by atoms with Crippen molar-refractivity contribution < 1.29 is 40.3 Å². The fourth-order valence-corrected chi connectivity index (χ4v) is 1.64. The van der Waals surface area contributed by atoms with Crippen molar-refractivity contribution in [1.82, 2.24) is 4.90 Å². The zero-order valence-corrected chi connectivity index (χ0v) is 10.6. The minimum Gasteiger partial charge on any atom is -0.374 e. The molecule has 0 atom stereocenters. The smallest absolute Gasteiger partial charge is 0.374 e. The Morgan fingerprint density at radius 3 is 1.67 bits per heavy atom. The lowest BCUT2D eigenvalue weighted by Crippen LogP contribution is -2.55. The van der Waals surface area contributed by atoms with E-state index < -0.39 is 40.9 Å². The van der Waals surface area contributed by atoms with E-state index in [1.807, 2.05) is 0 Å². The predicted octanol–water partition coefficient (Wildman–Crippen LogP) is 2.34. The third-order valence-electron chi connectivity index (χ3n) is 2.61. The van der Waals surface area contributed by atoms with Crippen LogP contribution in [0.4, 0.5) is 30.7 Å². The molecule has 0 spiro atoms. The molecule has 0 bridgehead atoms. The molecule has 3 nitrogen and oxygen atoms in total. The van der Waals surface area contributed by atoms with E-state index in [9.17, 15) is 40.3 Å². The Morgan fingerprint density at radius 1 is 0.857 bits per heavy atom. The van der Waals surface area contributed by atoms with Crippen molar-refractivity contribution in [3.63, 3.8) is 0 Å². The van der Waals surface area contributed by atoms with Crippen LogP contribution in [0.3, 0.4) is 0 Å². The van der Waals surface area contributed by atoms with Crippen molar-refractivity contribution >= 4 is 11.6 Å². The van der Waals surface area contributed by atoms with E-state index in [2.05, 4.69) is 0 Å². The van der Waals surface area contributed by atoms with Crippen LogP contribution in [-0.2, 0) is 9.59 Å². The first-order chi connectivity index (χ1) is 9.25. The summed E-state index contributed by atoms with van der Waals surface area (Å²) < 4.78 is 89.8. The van der Waals surface area contributed by atoms with Gasteiger partial charge in [-0.25, -0.2) is 0 Å². The number of nitrogens with zero attached hydrogens (tertiary/aromatic N) is 1. The highest BCUT2D eigenvalue weighted by molar-refractivity contribution is 6.20. The average molecular weight is 319 g/mol. The summed E-state index contributed by atoms with van der Waals surface area (Å²) >= 11 is 0. The molecule has 21 heavy (non-hydrogen) atoms.